The standard InChI is InChI=1S/C41H79NO6.C15H32/c1-5-8-10-12-14-16-17-19-23-30-39(45)41(7-3,40(46)48-37-28-21-18-15-13-11-9-6-2)31-24-26-33-42(34-29-35-43)32-25-20-22-27-36-47-38(4)44;1-3-5-7-9-11-13-15-14-12-10-8-6-4-2/h43H,5-37H2,1-4H3;3-15H2,1-2H3. The number of rotatable bonds is 49. The Morgan fingerprint density at radius 1 is 0.413 bits per heavy atom. The second-order valence-corrected chi connectivity index (χ2v) is 19.1. The molecule has 0 aliphatic carbocycles. The second kappa shape index (κ2) is 51.5. The highest BCUT2D eigenvalue weighted by atomic mass is 16.5. The van der Waals surface area contributed by atoms with Crippen molar-refractivity contribution in [3.8, 4) is 0 Å². The topological polar surface area (TPSA) is 93.1 Å². The fraction of sp³-hybridized carbons (Fsp3) is 0.946. The van der Waals surface area contributed by atoms with Crippen LogP contribution in [0.25, 0.3) is 0 Å². The maximum Gasteiger partial charge on any atom is 0.319 e. The van der Waals surface area contributed by atoms with E-state index in [1.165, 1.54) is 167 Å². The molecule has 0 fully saturated rings. The first-order valence-corrected chi connectivity index (χ1v) is 28.0. The van der Waals surface area contributed by atoms with Crippen molar-refractivity contribution >= 4 is 17.7 Å². The molecule has 1 N–H and O–H groups in total. The third kappa shape index (κ3) is 42.9. The number of aliphatic hydroxyl groups is 1. The highest BCUT2D eigenvalue weighted by Gasteiger charge is 2.44. The highest BCUT2D eigenvalue weighted by molar-refractivity contribution is 6.03. The summed E-state index contributed by atoms with van der Waals surface area (Å²) in [5, 5.41) is 9.43. The Kier molecular flexibility index (Phi) is 52.0. The molecule has 63 heavy (non-hydrogen) atoms. The molecule has 0 heterocycles. The maximum atomic E-state index is 13.8. The van der Waals surface area contributed by atoms with E-state index in [0.717, 1.165) is 96.7 Å². The van der Waals surface area contributed by atoms with Crippen molar-refractivity contribution in [2.75, 3.05) is 39.5 Å². The van der Waals surface area contributed by atoms with Crippen LogP contribution in [0.15, 0.2) is 0 Å². The van der Waals surface area contributed by atoms with E-state index in [1.807, 2.05) is 6.92 Å². The molecule has 0 bridgehead atoms. The maximum absolute atomic E-state index is 13.8. The number of unbranched alkanes of at least 4 members (excludes halogenated alkanes) is 31. The normalized spacial score (nSPS) is 12.3. The van der Waals surface area contributed by atoms with Crippen LogP contribution in [-0.2, 0) is 23.9 Å². The average molecular weight is 895 g/mol. The molecule has 0 amide bonds. The van der Waals surface area contributed by atoms with Crippen LogP contribution in [-0.4, -0.2) is 67.2 Å². The van der Waals surface area contributed by atoms with Gasteiger partial charge < -0.3 is 19.5 Å². The Balaban J connectivity index is 0. The van der Waals surface area contributed by atoms with Crippen molar-refractivity contribution < 1.29 is 29.0 Å². The summed E-state index contributed by atoms with van der Waals surface area (Å²) >= 11 is 0. The summed E-state index contributed by atoms with van der Waals surface area (Å²) in [6.07, 6.45) is 47.3. The number of nitrogens with zero attached hydrogens (tertiary/aromatic N) is 1. The molecule has 0 aliphatic heterocycles. The Labute approximate surface area is 393 Å². The van der Waals surface area contributed by atoms with E-state index < -0.39 is 5.41 Å². The van der Waals surface area contributed by atoms with Gasteiger partial charge >= 0.3 is 11.9 Å². The van der Waals surface area contributed by atoms with Gasteiger partial charge in [0.25, 0.3) is 0 Å². The minimum atomic E-state index is -1.03. The zero-order chi connectivity index (χ0) is 46.8. The predicted molar refractivity (Wildman–Crippen MR) is 272 cm³/mol. The van der Waals surface area contributed by atoms with Crippen LogP contribution in [0.4, 0.5) is 0 Å². The molecule has 0 aromatic rings. The lowest BCUT2D eigenvalue weighted by atomic mass is 9.74. The smallest absolute Gasteiger partial charge is 0.319 e. The van der Waals surface area contributed by atoms with E-state index >= 15 is 0 Å². The van der Waals surface area contributed by atoms with E-state index in [0.29, 0.717) is 32.5 Å². The summed E-state index contributed by atoms with van der Waals surface area (Å²) < 4.78 is 10.9. The molecule has 376 valence electrons. The summed E-state index contributed by atoms with van der Waals surface area (Å²) in [5.74, 6) is -0.432. The van der Waals surface area contributed by atoms with Gasteiger partial charge in [-0.2, -0.15) is 0 Å². The van der Waals surface area contributed by atoms with Crippen LogP contribution >= 0.6 is 0 Å². The number of esters is 2. The van der Waals surface area contributed by atoms with E-state index in [4.69, 9.17) is 9.47 Å². The fourth-order valence-electron chi connectivity index (χ4n) is 8.74. The van der Waals surface area contributed by atoms with Crippen LogP contribution in [0, 0.1) is 5.41 Å². The second-order valence-electron chi connectivity index (χ2n) is 19.1. The Bertz CT molecular complexity index is 910. The van der Waals surface area contributed by atoms with Gasteiger partial charge in [0.2, 0.25) is 0 Å². The van der Waals surface area contributed by atoms with Crippen molar-refractivity contribution in [3.63, 3.8) is 0 Å². The Morgan fingerprint density at radius 2 is 0.746 bits per heavy atom. The first-order chi connectivity index (χ1) is 30.8. The molecule has 0 radical (unpaired) electrons. The molecular weight excluding hydrogens is 783 g/mol. The number of ketones is 1. The van der Waals surface area contributed by atoms with Gasteiger partial charge in [-0.05, 0) is 64.5 Å². The van der Waals surface area contributed by atoms with Gasteiger partial charge in [0, 0.05) is 26.5 Å². The van der Waals surface area contributed by atoms with Gasteiger partial charge in [0.1, 0.15) is 11.2 Å². The zero-order valence-electron chi connectivity index (χ0n) is 43.5. The summed E-state index contributed by atoms with van der Waals surface area (Å²) in [5.41, 5.74) is -1.03. The van der Waals surface area contributed by atoms with Crippen LogP contribution in [0.2, 0.25) is 0 Å². The van der Waals surface area contributed by atoms with Crippen molar-refractivity contribution in [2.24, 2.45) is 5.41 Å². The minimum absolute atomic E-state index is 0.0831. The van der Waals surface area contributed by atoms with Gasteiger partial charge in [-0.25, -0.2) is 0 Å². The molecule has 1 unspecified atom stereocenters. The fourth-order valence-corrected chi connectivity index (χ4v) is 8.74. The number of aliphatic hydroxyl groups excluding tert-OH is 1. The van der Waals surface area contributed by atoms with E-state index in [-0.39, 0.29) is 24.3 Å². The van der Waals surface area contributed by atoms with Gasteiger partial charge in [0.05, 0.1) is 13.2 Å². The number of carbonyl (C=O) groups is 3. The van der Waals surface area contributed by atoms with Crippen LogP contribution in [0.3, 0.4) is 0 Å². The lowest BCUT2D eigenvalue weighted by Crippen LogP contribution is -2.40. The van der Waals surface area contributed by atoms with Crippen molar-refractivity contribution in [1.29, 1.82) is 0 Å². The van der Waals surface area contributed by atoms with Gasteiger partial charge in [-0.3, -0.25) is 14.4 Å². The molecule has 1 atom stereocenters. The summed E-state index contributed by atoms with van der Waals surface area (Å²) in [6.45, 7) is 16.3. The number of carbonyl (C=O) groups excluding carboxylic acids is 3. The largest absolute Gasteiger partial charge is 0.466 e. The van der Waals surface area contributed by atoms with Crippen molar-refractivity contribution in [2.45, 2.75) is 298 Å². The van der Waals surface area contributed by atoms with Crippen molar-refractivity contribution in [3.05, 3.63) is 0 Å². The number of hydrogen-bond donors (Lipinski definition) is 1. The first-order valence-electron chi connectivity index (χ1n) is 28.0. The van der Waals surface area contributed by atoms with Crippen LogP contribution in [0.5, 0.6) is 0 Å². The molecule has 0 saturated heterocycles. The molecule has 0 rings (SSSR count). The SMILES string of the molecule is CCCCCCCCCCCC(=O)C(CC)(CCCCN(CCCO)CCCCCCOC(C)=O)C(=O)OCCCCCCCCCC.CCCCCCCCCCCCCCC. The summed E-state index contributed by atoms with van der Waals surface area (Å²) in [7, 11) is 0. The van der Waals surface area contributed by atoms with Gasteiger partial charge in [-0.15, -0.1) is 0 Å². The quantitative estimate of drug-likeness (QED) is 0.0369. The third-order valence-corrected chi connectivity index (χ3v) is 13.1. The Morgan fingerprint density at radius 3 is 1.13 bits per heavy atom. The van der Waals surface area contributed by atoms with Crippen LogP contribution < -0.4 is 0 Å². The van der Waals surface area contributed by atoms with E-state index in [1.54, 1.807) is 0 Å². The molecule has 0 saturated carbocycles. The predicted octanol–water partition coefficient (Wildman–Crippen LogP) is 16.6. The third-order valence-electron chi connectivity index (χ3n) is 13.1. The summed E-state index contributed by atoms with van der Waals surface area (Å²) in [4.78, 5) is 40.8. The lowest BCUT2D eigenvalue weighted by molar-refractivity contribution is -0.162. The van der Waals surface area contributed by atoms with Gasteiger partial charge in [-0.1, -0.05) is 234 Å². The van der Waals surface area contributed by atoms with Gasteiger partial charge in [0.15, 0.2) is 0 Å². The molecule has 0 aromatic carbocycles. The summed E-state index contributed by atoms with van der Waals surface area (Å²) in [6, 6.07) is 0. The Hall–Kier alpha value is -1.47. The van der Waals surface area contributed by atoms with E-state index in [2.05, 4.69) is 32.6 Å². The number of ether oxygens (including phenoxy) is 2. The van der Waals surface area contributed by atoms with Crippen molar-refractivity contribution in [1.82, 2.24) is 4.90 Å². The molecule has 7 heteroatoms. The number of Topliss-reactive ketones (excluding diaryl/α,β-unsaturated/α-hetero) is 1. The molecular formula is C56H111NO6. The molecule has 7 nitrogen and oxygen atoms in total. The molecule has 0 aliphatic rings. The number of hydrogen-bond acceptors (Lipinski definition) is 7. The first kappa shape index (κ1) is 63.6. The van der Waals surface area contributed by atoms with E-state index in [9.17, 15) is 19.5 Å². The monoisotopic (exact) mass is 894 g/mol. The molecule has 0 aromatic heterocycles. The molecule has 0 spiro atoms. The lowest BCUT2D eigenvalue weighted by Gasteiger charge is -2.30. The highest BCUT2D eigenvalue weighted by Crippen LogP contribution is 2.34. The minimum Gasteiger partial charge on any atom is -0.466 e. The average Bonchev–Trinajstić information content (AvgIpc) is 3.28. The van der Waals surface area contributed by atoms with Crippen LogP contribution in [0.1, 0.15) is 298 Å². The zero-order valence-corrected chi connectivity index (χ0v) is 43.5.